The van der Waals surface area contributed by atoms with E-state index in [4.69, 9.17) is 4.74 Å². The highest BCUT2D eigenvalue weighted by atomic mass is 32.1. The van der Waals surface area contributed by atoms with Crippen LogP contribution in [-0.4, -0.2) is 34.5 Å². The standard InChI is InChI=1S/C19H20N4O2S/c1-11-18(26-12(2)21-11)14-9-20-19(22-14)13-8-17(24)23(10-13)15-6-4-5-7-16(15)25-3/h4-7,9,13H,8,10H2,1-3H3,(H,20,22)/t13-/m1/s1. The third-order valence-electron chi connectivity index (χ3n) is 4.63. The fourth-order valence-corrected chi connectivity index (χ4v) is 4.30. The van der Waals surface area contributed by atoms with E-state index in [2.05, 4.69) is 15.0 Å². The smallest absolute Gasteiger partial charge is 0.227 e. The summed E-state index contributed by atoms with van der Waals surface area (Å²) in [5.41, 5.74) is 2.77. The van der Waals surface area contributed by atoms with Gasteiger partial charge in [0.1, 0.15) is 11.6 Å². The second-order valence-corrected chi connectivity index (χ2v) is 7.61. The zero-order valence-corrected chi connectivity index (χ0v) is 15.8. The van der Waals surface area contributed by atoms with Crippen molar-refractivity contribution in [3.63, 3.8) is 0 Å². The molecule has 3 aromatic rings. The van der Waals surface area contributed by atoms with Gasteiger partial charge in [-0.05, 0) is 26.0 Å². The van der Waals surface area contributed by atoms with Crippen molar-refractivity contribution < 1.29 is 9.53 Å². The van der Waals surface area contributed by atoms with Crippen molar-refractivity contribution in [2.75, 3.05) is 18.6 Å². The number of anilines is 1. The predicted octanol–water partition coefficient (Wildman–Crippen LogP) is 3.68. The topological polar surface area (TPSA) is 71.1 Å². The molecule has 1 saturated heterocycles. The quantitative estimate of drug-likeness (QED) is 0.763. The van der Waals surface area contributed by atoms with Crippen molar-refractivity contribution in [3.8, 4) is 16.3 Å². The van der Waals surface area contributed by atoms with Gasteiger partial charge >= 0.3 is 0 Å². The van der Waals surface area contributed by atoms with Gasteiger partial charge in [0.2, 0.25) is 5.91 Å². The SMILES string of the molecule is COc1ccccc1N1C[C@H](c2ncc(-c3sc(C)nc3C)[nH]2)CC1=O. The lowest BCUT2D eigenvalue weighted by Gasteiger charge is -2.19. The molecular weight excluding hydrogens is 348 g/mol. The van der Waals surface area contributed by atoms with Gasteiger partial charge in [-0.2, -0.15) is 0 Å². The van der Waals surface area contributed by atoms with Crippen molar-refractivity contribution in [3.05, 3.63) is 47.0 Å². The number of aromatic amines is 1. The van der Waals surface area contributed by atoms with Crippen molar-refractivity contribution in [2.24, 2.45) is 0 Å². The molecule has 7 heteroatoms. The number of H-pyrrole nitrogens is 1. The Morgan fingerprint density at radius 3 is 2.85 bits per heavy atom. The van der Waals surface area contributed by atoms with Crippen LogP contribution in [-0.2, 0) is 4.79 Å². The van der Waals surface area contributed by atoms with Crippen LogP contribution >= 0.6 is 11.3 Å². The molecule has 1 aliphatic rings. The number of nitrogens with one attached hydrogen (secondary N) is 1. The van der Waals surface area contributed by atoms with E-state index in [1.165, 1.54) is 0 Å². The number of hydrogen-bond acceptors (Lipinski definition) is 5. The average molecular weight is 368 g/mol. The minimum atomic E-state index is 0.0375. The normalized spacial score (nSPS) is 17.1. The highest BCUT2D eigenvalue weighted by molar-refractivity contribution is 7.15. The Kier molecular flexibility index (Phi) is 4.24. The molecule has 0 aliphatic carbocycles. The number of imidazole rings is 1. The highest BCUT2D eigenvalue weighted by Gasteiger charge is 2.34. The number of amides is 1. The number of aryl methyl sites for hydroxylation is 2. The number of para-hydroxylation sites is 2. The number of rotatable bonds is 4. The molecule has 1 atom stereocenters. The first kappa shape index (κ1) is 16.8. The molecule has 1 aromatic carbocycles. The van der Waals surface area contributed by atoms with Gasteiger partial charge in [0.15, 0.2) is 0 Å². The Labute approximate surface area is 155 Å². The molecule has 1 N–H and O–H groups in total. The molecule has 1 fully saturated rings. The van der Waals surface area contributed by atoms with Gasteiger partial charge in [-0.1, -0.05) is 12.1 Å². The van der Waals surface area contributed by atoms with Crippen molar-refractivity contribution >= 4 is 22.9 Å². The number of aromatic nitrogens is 3. The molecule has 3 heterocycles. The van der Waals surface area contributed by atoms with E-state index in [-0.39, 0.29) is 11.8 Å². The first-order chi connectivity index (χ1) is 12.6. The average Bonchev–Trinajstić information content (AvgIpc) is 3.33. The summed E-state index contributed by atoms with van der Waals surface area (Å²) in [5, 5.41) is 1.03. The molecule has 0 bridgehead atoms. The van der Waals surface area contributed by atoms with Gasteiger partial charge in [0, 0.05) is 18.9 Å². The van der Waals surface area contributed by atoms with E-state index in [0.717, 1.165) is 32.8 Å². The Bertz CT molecular complexity index is 962. The zero-order chi connectivity index (χ0) is 18.3. The summed E-state index contributed by atoms with van der Waals surface area (Å²) in [5.74, 6) is 1.67. The van der Waals surface area contributed by atoms with Crippen LogP contribution in [0.15, 0.2) is 30.5 Å². The number of carbonyl (C=O) groups excluding carboxylic acids is 1. The predicted molar refractivity (Wildman–Crippen MR) is 102 cm³/mol. The van der Waals surface area contributed by atoms with Gasteiger partial charge in [0.25, 0.3) is 0 Å². The van der Waals surface area contributed by atoms with E-state index < -0.39 is 0 Å². The molecule has 0 radical (unpaired) electrons. The maximum absolute atomic E-state index is 12.6. The largest absolute Gasteiger partial charge is 0.495 e. The summed E-state index contributed by atoms with van der Waals surface area (Å²) in [4.78, 5) is 27.9. The number of benzene rings is 1. The van der Waals surface area contributed by atoms with Crippen LogP contribution < -0.4 is 9.64 Å². The van der Waals surface area contributed by atoms with Gasteiger partial charge in [-0.15, -0.1) is 11.3 Å². The van der Waals surface area contributed by atoms with Crippen molar-refractivity contribution in [1.29, 1.82) is 0 Å². The van der Waals surface area contributed by atoms with E-state index >= 15 is 0 Å². The molecule has 134 valence electrons. The van der Waals surface area contributed by atoms with Crippen LogP contribution in [0.3, 0.4) is 0 Å². The summed E-state index contributed by atoms with van der Waals surface area (Å²) < 4.78 is 5.40. The maximum Gasteiger partial charge on any atom is 0.227 e. The Morgan fingerprint density at radius 2 is 2.12 bits per heavy atom. The van der Waals surface area contributed by atoms with E-state index in [9.17, 15) is 4.79 Å². The van der Waals surface area contributed by atoms with Crippen molar-refractivity contribution in [2.45, 2.75) is 26.2 Å². The maximum atomic E-state index is 12.6. The second-order valence-electron chi connectivity index (χ2n) is 6.41. The summed E-state index contributed by atoms with van der Waals surface area (Å²) in [7, 11) is 1.62. The van der Waals surface area contributed by atoms with Crippen LogP contribution in [0.5, 0.6) is 5.75 Å². The van der Waals surface area contributed by atoms with Crippen molar-refractivity contribution in [1.82, 2.24) is 15.0 Å². The number of ether oxygens (including phenoxy) is 1. The second kappa shape index (κ2) is 6.57. The number of hydrogen-bond donors (Lipinski definition) is 1. The number of nitrogens with zero attached hydrogens (tertiary/aromatic N) is 3. The molecule has 0 spiro atoms. The lowest BCUT2D eigenvalue weighted by Crippen LogP contribution is -2.24. The number of methoxy groups -OCH3 is 1. The number of thiazole rings is 1. The first-order valence-corrected chi connectivity index (χ1v) is 9.31. The van der Waals surface area contributed by atoms with Gasteiger partial charge in [-0.25, -0.2) is 9.97 Å². The van der Waals surface area contributed by atoms with Crippen LogP contribution in [0.4, 0.5) is 5.69 Å². The fraction of sp³-hybridized carbons (Fsp3) is 0.316. The molecule has 0 saturated carbocycles. The summed E-state index contributed by atoms with van der Waals surface area (Å²) in [6.45, 7) is 4.59. The van der Waals surface area contributed by atoms with Gasteiger partial charge < -0.3 is 14.6 Å². The fourth-order valence-electron chi connectivity index (χ4n) is 3.42. The third-order valence-corrected chi connectivity index (χ3v) is 5.74. The summed E-state index contributed by atoms with van der Waals surface area (Å²) in [6.07, 6.45) is 2.28. The van der Waals surface area contributed by atoms with E-state index in [1.54, 1.807) is 23.3 Å². The molecular formula is C19H20N4O2S. The minimum absolute atomic E-state index is 0.0375. The number of carbonyl (C=O) groups is 1. The molecule has 0 unspecified atom stereocenters. The Balaban J connectivity index is 1.59. The Morgan fingerprint density at radius 1 is 1.31 bits per heavy atom. The summed E-state index contributed by atoms with van der Waals surface area (Å²) in [6, 6.07) is 7.60. The van der Waals surface area contributed by atoms with Crippen LogP contribution in [0, 0.1) is 13.8 Å². The monoisotopic (exact) mass is 368 g/mol. The van der Waals surface area contributed by atoms with E-state index in [0.29, 0.717) is 18.7 Å². The molecule has 2 aromatic heterocycles. The van der Waals surface area contributed by atoms with Crippen LogP contribution in [0.1, 0.15) is 28.9 Å². The lowest BCUT2D eigenvalue weighted by atomic mass is 10.1. The molecule has 6 nitrogen and oxygen atoms in total. The van der Waals surface area contributed by atoms with Crippen LogP contribution in [0.25, 0.3) is 10.6 Å². The minimum Gasteiger partial charge on any atom is -0.495 e. The molecule has 26 heavy (non-hydrogen) atoms. The summed E-state index contributed by atoms with van der Waals surface area (Å²) >= 11 is 1.65. The van der Waals surface area contributed by atoms with Gasteiger partial charge in [0.05, 0.1) is 40.3 Å². The molecule has 4 rings (SSSR count). The highest BCUT2D eigenvalue weighted by Crippen LogP contribution is 2.36. The van der Waals surface area contributed by atoms with E-state index in [1.807, 2.05) is 44.3 Å². The third kappa shape index (κ3) is 2.88. The first-order valence-electron chi connectivity index (χ1n) is 8.49. The van der Waals surface area contributed by atoms with Crippen LogP contribution in [0.2, 0.25) is 0 Å². The molecule has 1 aliphatic heterocycles. The Hall–Kier alpha value is -2.67. The van der Waals surface area contributed by atoms with Gasteiger partial charge in [-0.3, -0.25) is 4.79 Å². The lowest BCUT2D eigenvalue weighted by molar-refractivity contribution is -0.117. The zero-order valence-electron chi connectivity index (χ0n) is 14.9. The molecule has 1 amide bonds.